The summed E-state index contributed by atoms with van der Waals surface area (Å²) in [6, 6.07) is 8.63. The van der Waals surface area contributed by atoms with E-state index >= 15 is 0 Å². The molecule has 0 saturated carbocycles. The zero-order valence-electron chi connectivity index (χ0n) is 17.5. The minimum absolute atomic E-state index is 0.217. The number of aliphatic hydroxyl groups is 1. The molecule has 6 nitrogen and oxygen atoms in total. The van der Waals surface area contributed by atoms with E-state index in [2.05, 4.69) is 45.6 Å². The predicted octanol–water partition coefficient (Wildman–Crippen LogP) is 2.68. The van der Waals surface area contributed by atoms with Crippen molar-refractivity contribution < 1.29 is 9.84 Å². The van der Waals surface area contributed by atoms with Gasteiger partial charge in [-0.2, -0.15) is 5.10 Å². The van der Waals surface area contributed by atoms with Gasteiger partial charge in [-0.15, -0.1) is 0 Å². The number of rotatable bonds is 9. The van der Waals surface area contributed by atoms with Crippen LogP contribution in [-0.4, -0.2) is 63.6 Å². The molecule has 1 N–H and O–H groups in total. The van der Waals surface area contributed by atoms with Crippen LogP contribution in [0.15, 0.2) is 30.5 Å². The van der Waals surface area contributed by atoms with Crippen molar-refractivity contribution in [1.29, 1.82) is 0 Å². The molecular weight excluding hydrogens is 352 g/mol. The minimum atomic E-state index is 0.217. The van der Waals surface area contributed by atoms with E-state index in [1.54, 1.807) is 0 Å². The van der Waals surface area contributed by atoms with Crippen molar-refractivity contribution in [2.75, 3.05) is 32.8 Å². The smallest absolute Gasteiger partial charge is 0.123 e. The molecule has 0 bridgehead atoms. The van der Waals surface area contributed by atoms with Gasteiger partial charge in [0.1, 0.15) is 5.75 Å². The van der Waals surface area contributed by atoms with Gasteiger partial charge in [-0.05, 0) is 33.3 Å². The second-order valence-electron chi connectivity index (χ2n) is 7.48. The predicted molar refractivity (Wildman–Crippen MR) is 111 cm³/mol. The molecule has 0 aliphatic carbocycles. The molecule has 0 amide bonds. The maximum absolute atomic E-state index is 9.61. The van der Waals surface area contributed by atoms with Crippen LogP contribution < -0.4 is 4.74 Å². The Kier molecular flexibility index (Phi) is 7.48. The monoisotopic (exact) mass is 386 g/mol. The van der Waals surface area contributed by atoms with Crippen molar-refractivity contribution >= 4 is 0 Å². The molecule has 6 heteroatoms. The van der Waals surface area contributed by atoms with Crippen LogP contribution in [0.3, 0.4) is 0 Å². The van der Waals surface area contributed by atoms with E-state index in [9.17, 15) is 5.11 Å². The molecule has 3 rings (SSSR count). The average molecular weight is 387 g/mol. The molecule has 154 valence electrons. The van der Waals surface area contributed by atoms with Gasteiger partial charge in [-0.1, -0.05) is 18.2 Å². The highest BCUT2D eigenvalue weighted by atomic mass is 16.5. The van der Waals surface area contributed by atoms with Crippen LogP contribution in [0.4, 0.5) is 0 Å². The first-order chi connectivity index (χ1) is 13.7. The molecule has 1 aliphatic rings. The van der Waals surface area contributed by atoms with Gasteiger partial charge in [-0.25, -0.2) is 0 Å². The molecule has 1 aromatic heterocycles. The highest BCUT2D eigenvalue weighted by Gasteiger charge is 2.27. The van der Waals surface area contributed by atoms with Crippen molar-refractivity contribution in [3.63, 3.8) is 0 Å². The standard InChI is InChI=1S/C22H34N4O2/c1-4-26-18(3)20(14-23-26)15-24-11-12-25(21(17-24)10-13-27)16-19-8-6-7-9-22(19)28-5-2/h6-9,14,21,27H,4-5,10-13,15-17H2,1-3H3/t21-/m0/s1. The number of aliphatic hydroxyl groups excluding tert-OH is 1. The van der Waals surface area contributed by atoms with Crippen LogP contribution in [-0.2, 0) is 19.6 Å². The summed E-state index contributed by atoms with van der Waals surface area (Å²) < 4.78 is 7.86. The van der Waals surface area contributed by atoms with Gasteiger partial charge in [0.15, 0.2) is 0 Å². The summed E-state index contributed by atoms with van der Waals surface area (Å²) in [6.07, 6.45) is 2.80. The molecule has 0 unspecified atom stereocenters. The number of piperazine rings is 1. The highest BCUT2D eigenvalue weighted by Crippen LogP contribution is 2.24. The Morgan fingerprint density at radius 1 is 1.14 bits per heavy atom. The van der Waals surface area contributed by atoms with E-state index in [0.717, 1.165) is 51.4 Å². The number of ether oxygens (including phenoxy) is 1. The van der Waals surface area contributed by atoms with Crippen LogP contribution in [0.1, 0.15) is 37.1 Å². The molecule has 28 heavy (non-hydrogen) atoms. The highest BCUT2D eigenvalue weighted by molar-refractivity contribution is 5.33. The fourth-order valence-corrected chi connectivity index (χ4v) is 4.08. The SMILES string of the molecule is CCOc1ccccc1CN1CCN(Cc2cnn(CC)c2C)C[C@@H]1CCO. The lowest BCUT2D eigenvalue weighted by Gasteiger charge is -2.41. The lowest BCUT2D eigenvalue weighted by molar-refractivity contribution is 0.0493. The fourth-order valence-electron chi connectivity index (χ4n) is 4.08. The van der Waals surface area contributed by atoms with Crippen LogP contribution >= 0.6 is 0 Å². The van der Waals surface area contributed by atoms with Crippen molar-refractivity contribution in [2.24, 2.45) is 0 Å². The minimum Gasteiger partial charge on any atom is -0.494 e. The summed E-state index contributed by atoms with van der Waals surface area (Å²) in [5.41, 5.74) is 3.79. The lowest BCUT2D eigenvalue weighted by atomic mass is 10.1. The molecule has 1 aromatic carbocycles. The molecule has 2 aromatic rings. The molecule has 1 saturated heterocycles. The van der Waals surface area contributed by atoms with Crippen molar-refractivity contribution in [3.05, 3.63) is 47.3 Å². The van der Waals surface area contributed by atoms with Gasteiger partial charge in [0, 0.05) is 68.7 Å². The van der Waals surface area contributed by atoms with E-state index in [4.69, 9.17) is 4.74 Å². The van der Waals surface area contributed by atoms with Crippen molar-refractivity contribution in [3.8, 4) is 5.75 Å². The molecule has 1 fully saturated rings. The largest absolute Gasteiger partial charge is 0.494 e. The Morgan fingerprint density at radius 2 is 1.96 bits per heavy atom. The quantitative estimate of drug-likeness (QED) is 0.718. The Labute approximate surface area is 168 Å². The van der Waals surface area contributed by atoms with Gasteiger partial charge in [0.05, 0.1) is 12.8 Å². The summed E-state index contributed by atoms with van der Waals surface area (Å²) >= 11 is 0. The van der Waals surface area contributed by atoms with E-state index in [1.807, 2.05) is 25.3 Å². The fraction of sp³-hybridized carbons (Fsp3) is 0.591. The second kappa shape index (κ2) is 10.0. The Bertz CT molecular complexity index is 746. The topological polar surface area (TPSA) is 53.8 Å². The van der Waals surface area contributed by atoms with Gasteiger partial charge in [-0.3, -0.25) is 14.5 Å². The number of aryl methyl sites for hydroxylation is 1. The molecule has 1 atom stereocenters. The molecule has 1 aliphatic heterocycles. The maximum atomic E-state index is 9.61. The van der Waals surface area contributed by atoms with E-state index in [-0.39, 0.29) is 6.61 Å². The van der Waals surface area contributed by atoms with Crippen molar-refractivity contribution in [1.82, 2.24) is 19.6 Å². The Morgan fingerprint density at radius 3 is 2.68 bits per heavy atom. The number of aromatic nitrogens is 2. The van der Waals surface area contributed by atoms with Crippen LogP contribution in [0.5, 0.6) is 5.75 Å². The van der Waals surface area contributed by atoms with Gasteiger partial charge >= 0.3 is 0 Å². The molecular formula is C22H34N4O2. The summed E-state index contributed by atoms with van der Waals surface area (Å²) in [5.74, 6) is 0.970. The van der Waals surface area contributed by atoms with Crippen molar-refractivity contribution in [2.45, 2.75) is 52.9 Å². The summed E-state index contributed by atoms with van der Waals surface area (Å²) in [5, 5.41) is 14.1. The number of hydrogen-bond acceptors (Lipinski definition) is 5. The maximum Gasteiger partial charge on any atom is 0.123 e. The third-order valence-corrected chi connectivity index (χ3v) is 5.70. The van der Waals surface area contributed by atoms with E-state index in [1.165, 1.54) is 16.8 Å². The van der Waals surface area contributed by atoms with Gasteiger partial charge in [0.2, 0.25) is 0 Å². The number of para-hydroxylation sites is 1. The third kappa shape index (κ3) is 4.93. The zero-order valence-corrected chi connectivity index (χ0v) is 17.5. The number of benzene rings is 1. The Balaban J connectivity index is 1.66. The van der Waals surface area contributed by atoms with Gasteiger partial charge in [0.25, 0.3) is 0 Å². The van der Waals surface area contributed by atoms with E-state index < -0.39 is 0 Å². The second-order valence-corrected chi connectivity index (χ2v) is 7.48. The summed E-state index contributed by atoms with van der Waals surface area (Å²) in [6.45, 7) is 12.9. The van der Waals surface area contributed by atoms with Crippen LogP contribution in [0, 0.1) is 6.92 Å². The first-order valence-corrected chi connectivity index (χ1v) is 10.5. The molecule has 0 radical (unpaired) electrons. The third-order valence-electron chi connectivity index (χ3n) is 5.70. The number of hydrogen-bond donors (Lipinski definition) is 1. The first kappa shape index (κ1) is 20.8. The molecule has 2 heterocycles. The summed E-state index contributed by atoms with van der Waals surface area (Å²) in [7, 11) is 0. The normalized spacial score (nSPS) is 18.5. The molecule has 0 spiro atoms. The first-order valence-electron chi connectivity index (χ1n) is 10.5. The Hall–Kier alpha value is -1.89. The zero-order chi connectivity index (χ0) is 19.9. The van der Waals surface area contributed by atoms with Crippen LogP contribution in [0.25, 0.3) is 0 Å². The van der Waals surface area contributed by atoms with Gasteiger partial charge < -0.3 is 9.84 Å². The lowest BCUT2D eigenvalue weighted by Crippen LogP contribution is -2.52. The van der Waals surface area contributed by atoms with E-state index in [0.29, 0.717) is 12.6 Å². The average Bonchev–Trinajstić information content (AvgIpc) is 3.05. The number of nitrogens with zero attached hydrogens (tertiary/aromatic N) is 4. The summed E-state index contributed by atoms with van der Waals surface area (Å²) in [4.78, 5) is 4.99. The van der Waals surface area contributed by atoms with Crippen LogP contribution in [0.2, 0.25) is 0 Å².